The van der Waals surface area contributed by atoms with Crippen LogP contribution in [0.2, 0.25) is 0 Å². The van der Waals surface area contributed by atoms with Gasteiger partial charge in [0.15, 0.2) is 5.11 Å². The van der Waals surface area contributed by atoms with Gasteiger partial charge in [-0.05, 0) is 39.1 Å². The quantitative estimate of drug-likeness (QED) is 0.472. The molecule has 0 radical (unpaired) electrons. The van der Waals surface area contributed by atoms with E-state index in [0.29, 0.717) is 11.7 Å². The van der Waals surface area contributed by atoms with Crippen LogP contribution in [0.25, 0.3) is 0 Å². The molecule has 0 aliphatic rings. The molecule has 1 heterocycles. The predicted octanol–water partition coefficient (Wildman–Crippen LogP) is 1.57. The van der Waals surface area contributed by atoms with E-state index >= 15 is 0 Å². The molecule has 0 aliphatic heterocycles. The van der Waals surface area contributed by atoms with Gasteiger partial charge in [-0.25, -0.2) is 0 Å². The van der Waals surface area contributed by atoms with E-state index in [9.17, 15) is 0 Å². The molecule has 1 rings (SSSR count). The molecule has 0 aromatic carbocycles. The Labute approximate surface area is 120 Å². The highest BCUT2D eigenvalue weighted by Gasteiger charge is 2.06. The zero-order chi connectivity index (χ0) is 14.3. The van der Waals surface area contributed by atoms with Crippen LogP contribution in [0.5, 0.6) is 0 Å². The summed E-state index contributed by atoms with van der Waals surface area (Å²) < 4.78 is 7.33. The summed E-state index contributed by atoms with van der Waals surface area (Å²) in [4.78, 5) is 0. The van der Waals surface area contributed by atoms with Crippen LogP contribution in [-0.2, 0) is 11.3 Å². The zero-order valence-electron chi connectivity index (χ0n) is 12.0. The fourth-order valence-corrected chi connectivity index (χ4v) is 2.04. The topological polar surface area (TPSA) is 50.6 Å². The number of hydrogen-bond donors (Lipinski definition) is 2. The molecule has 0 unspecified atom stereocenters. The Balaban J connectivity index is 2.68. The molecule has 2 N–H and O–H groups in total. The number of nitrogens with zero attached hydrogens (tertiary/aromatic N) is 2. The molecule has 0 fully saturated rings. The van der Waals surface area contributed by atoms with Crippen molar-refractivity contribution < 1.29 is 4.74 Å². The molecular formula is C13H22N4OS. The standard InChI is InChI=1S/C13H22N4OS/c1-5-14-13(19)16-15-9-12-8-10(2)17(11(12)3)6-7-18-4/h8-9H,5-7H2,1-4H3,(H2,14,16,19). The second kappa shape index (κ2) is 7.91. The summed E-state index contributed by atoms with van der Waals surface area (Å²) in [6.45, 7) is 8.48. The van der Waals surface area contributed by atoms with Gasteiger partial charge in [-0.2, -0.15) is 5.10 Å². The maximum atomic E-state index is 5.11. The van der Waals surface area contributed by atoms with Gasteiger partial charge in [-0.15, -0.1) is 0 Å². The molecule has 0 atom stereocenters. The van der Waals surface area contributed by atoms with Gasteiger partial charge in [0.05, 0.1) is 12.8 Å². The molecule has 0 saturated carbocycles. The first-order chi connectivity index (χ1) is 9.10. The average Bonchev–Trinajstić information content (AvgIpc) is 2.63. The Bertz CT molecular complexity index is 454. The smallest absolute Gasteiger partial charge is 0.186 e. The summed E-state index contributed by atoms with van der Waals surface area (Å²) in [5.41, 5.74) is 6.25. The van der Waals surface area contributed by atoms with Crippen LogP contribution < -0.4 is 10.7 Å². The second-order valence-electron chi connectivity index (χ2n) is 4.20. The van der Waals surface area contributed by atoms with Crippen molar-refractivity contribution in [3.8, 4) is 0 Å². The summed E-state index contributed by atoms with van der Waals surface area (Å²) in [5, 5.41) is 7.64. The van der Waals surface area contributed by atoms with E-state index in [1.807, 2.05) is 6.92 Å². The van der Waals surface area contributed by atoms with E-state index in [1.54, 1.807) is 13.3 Å². The van der Waals surface area contributed by atoms with E-state index in [2.05, 4.69) is 40.3 Å². The molecular weight excluding hydrogens is 260 g/mol. The van der Waals surface area contributed by atoms with Crippen molar-refractivity contribution in [1.29, 1.82) is 0 Å². The van der Waals surface area contributed by atoms with E-state index in [4.69, 9.17) is 17.0 Å². The first kappa shape index (κ1) is 15.7. The van der Waals surface area contributed by atoms with Gasteiger partial charge in [0, 0.05) is 37.2 Å². The highest BCUT2D eigenvalue weighted by atomic mass is 32.1. The number of ether oxygens (including phenoxy) is 1. The van der Waals surface area contributed by atoms with Crippen molar-refractivity contribution in [2.24, 2.45) is 5.10 Å². The predicted molar refractivity (Wildman–Crippen MR) is 82.8 cm³/mol. The first-order valence-electron chi connectivity index (χ1n) is 6.32. The number of hydrogen-bond acceptors (Lipinski definition) is 3. The summed E-state index contributed by atoms with van der Waals surface area (Å²) in [7, 11) is 1.71. The van der Waals surface area contributed by atoms with Gasteiger partial charge in [-0.1, -0.05) is 0 Å². The maximum absolute atomic E-state index is 5.11. The van der Waals surface area contributed by atoms with Crippen LogP contribution >= 0.6 is 12.2 Å². The van der Waals surface area contributed by atoms with Crippen molar-refractivity contribution >= 4 is 23.5 Å². The zero-order valence-corrected chi connectivity index (χ0v) is 12.8. The van der Waals surface area contributed by atoms with E-state index in [-0.39, 0.29) is 0 Å². The van der Waals surface area contributed by atoms with E-state index < -0.39 is 0 Å². The average molecular weight is 282 g/mol. The van der Waals surface area contributed by atoms with Crippen molar-refractivity contribution in [3.63, 3.8) is 0 Å². The third kappa shape index (κ3) is 4.65. The number of nitrogens with one attached hydrogen (secondary N) is 2. The Morgan fingerprint density at radius 2 is 2.26 bits per heavy atom. The van der Waals surface area contributed by atoms with Gasteiger partial charge in [0.1, 0.15) is 0 Å². The molecule has 6 heteroatoms. The summed E-state index contributed by atoms with van der Waals surface area (Å²) >= 11 is 5.03. The Kier molecular flexibility index (Phi) is 6.52. The lowest BCUT2D eigenvalue weighted by Gasteiger charge is -2.08. The first-order valence-corrected chi connectivity index (χ1v) is 6.73. The number of aromatic nitrogens is 1. The fraction of sp³-hybridized carbons (Fsp3) is 0.538. The molecule has 0 saturated heterocycles. The largest absolute Gasteiger partial charge is 0.383 e. The van der Waals surface area contributed by atoms with Gasteiger partial charge < -0.3 is 14.6 Å². The Morgan fingerprint density at radius 1 is 1.53 bits per heavy atom. The van der Waals surface area contributed by atoms with Crippen LogP contribution in [0.3, 0.4) is 0 Å². The van der Waals surface area contributed by atoms with Crippen LogP contribution in [0.15, 0.2) is 11.2 Å². The molecule has 1 aromatic heterocycles. The number of methoxy groups -OCH3 is 1. The van der Waals surface area contributed by atoms with E-state index in [0.717, 1.165) is 18.7 Å². The number of thiocarbonyl (C=S) groups is 1. The lowest BCUT2D eigenvalue weighted by Crippen LogP contribution is -2.31. The molecule has 5 nitrogen and oxygen atoms in total. The number of aryl methyl sites for hydroxylation is 1. The SMILES string of the molecule is CCNC(=S)NN=Cc1cc(C)n(CCOC)c1C. The van der Waals surface area contributed by atoms with Gasteiger partial charge >= 0.3 is 0 Å². The van der Waals surface area contributed by atoms with Crippen LogP contribution in [0, 0.1) is 13.8 Å². The molecule has 19 heavy (non-hydrogen) atoms. The van der Waals surface area contributed by atoms with Gasteiger partial charge in [-0.3, -0.25) is 5.43 Å². The fourth-order valence-electron chi connectivity index (χ4n) is 1.85. The molecule has 0 aliphatic carbocycles. The molecule has 1 aromatic rings. The summed E-state index contributed by atoms with van der Waals surface area (Å²) in [5.74, 6) is 0. The minimum Gasteiger partial charge on any atom is -0.383 e. The Morgan fingerprint density at radius 3 is 2.89 bits per heavy atom. The van der Waals surface area contributed by atoms with Crippen LogP contribution in [0.1, 0.15) is 23.9 Å². The molecule has 106 valence electrons. The molecule has 0 spiro atoms. The molecule has 0 bridgehead atoms. The van der Waals surface area contributed by atoms with Crippen LogP contribution in [-0.4, -0.2) is 36.2 Å². The monoisotopic (exact) mass is 282 g/mol. The Hall–Kier alpha value is -1.40. The lowest BCUT2D eigenvalue weighted by atomic mass is 10.3. The molecule has 0 amide bonds. The number of hydrazone groups is 1. The maximum Gasteiger partial charge on any atom is 0.186 e. The highest BCUT2D eigenvalue weighted by Crippen LogP contribution is 2.12. The van der Waals surface area contributed by atoms with Crippen molar-refractivity contribution in [1.82, 2.24) is 15.3 Å². The summed E-state index contributed by atoms with van der Waals surface area (Å²) in [6, 6.07) is 2.10. The van der Waals surface area contributed by atoms with Crippen molar-refractivity contribution in [2.45, 2.75) is 27.3 Å². The normalized spacial score (nSPS) is 10.9. The lowest BCUT2D eigenvalue weighted by molar-refractivity contribution is 0.186. The minimum atomic E-state index is 0.534. The van der Waals surface area contributed by atoms with Gasteiger partial charge in [0.2, 0.25) is 0 Å². The van der Waals surface area contributed by atoms with E-state index in [1.165, 1.54) is 11.4 Å². The van der Waals surface area contributed by atoms with Crippen LogP contribution in [0.4, 0.5) is 0 Å². The van der Waals surface area contributed by atoms with Crippen molar-refractivity contribution in [3.05, 3.63) is 23.0 Å². The summed E-state index contributed by atoms with van der Waals surface area (Å²) in [6.07, 6.45) is 1.79. The third-order valence-electron chi connectivity index (χ3n) is 2.84. The minimum absolute atomic E-state index is 0.534. The highest BCUT2D eigenvalue weighted by molar-refractivity contribution is 7.80. The number of rotatable bonds is 6. The van der Waals surface area contributed by atoms with Crippen molar-refractivity contribution in [2.75, 3.05) is 20.3 Å². The van der Waals surface area contributed by atoms with Gasteiger partial charge in [0.25, 0.3) is 0 Å². The third-order valence-corrected chi connectivity index (χ3v) is 3.07. The second-order valence-corrected chi connectivity index (χ2v) is 4.61.